The van der Waals surface area contributed by atoms with Crippen LogP contribution in [0.25, 0.3) is 0 Å². The summed E-state index contributed by atoms with van der Waals surface area (Å²) in [7, 11) is 0. The Hall–Kier alpha value is -3.17. The van der Waals surface area contributed by atoms with Crippen LogP contribution >= 0.6 is 0 Å². The minimum atomic E-state index is -0.673. The third-order valence-electron chi connectivity index (χ3n) is 8.09. The quantitative estimate of drug-likeness (QED) is 0.0908. The van der Waals surface area contributed by atoms with Gasteiger partial charge >= 0.3 is 24.1 Å². The van der Waals surface area contributed by atoms with E-state index in [4.69, 9.17) is 30.1 Å². The zero-order valence-electron chi connectivity index (χ0n) is 27.6. The number of hydrogen-bond acceptors (Lipinski definition) is 12. The van der Waals surface area contributed by atoms with Crippen LogP contribution in [0.4, 0.5) is 9.59 Å². The zero-order chi connectivity index (χ0) is 33.1. The van der Waals surface area contributed by atoms with E-state index in [0.29, 0.717) is 65.4 Å². The van der Waals surface area contributed by atoms with Crippen molar-refractivity contribution in [3.05, 3.63) is 0 Å². The van der Waals surface area contributed by atoms with Crippen LogP contribution in [0.5, 0.6) is 0 Å². The number of unbranched alkanes of at least 4 members (excludes halogenated alkanes) is 1. The average molecular weight is 640 g/mol. The van der Waals surface area contributed by atoms with Gasteiger partial charge in [-0.1, -0.05) is 0 Å². The lowest BCUT2D eigenvalue weighted by molar-refractivity contribution is -0.157. The zero-order valence-corrected chi connectivity index (χ0v) is 27.6. The molecule has 15 heteroatoms. The molecule has 3 saturated heterocycles. The monoisotopic (exact) mass is 639 g/mol. The molecule has 3 aliphatic heterocycles. The molecule has 2 amide bonds. The maximum absolute atomic E-state index is 12.6. The smallest absolute Gasteiger partial charge is 0.411 e. The van der Waals surface area contributed by atoms with Crippen molar-refractivity contribution < 1.29 is 38.1 Å². The van der Waals surface area contributed by atoms with E-state index in [1.807, 2.05) is 25.7 Å². The lowest BCUT2D eigenvalue weighted by Gasteiger charge is -2.41. The maximum Gasteiger partial charge on any atom is 0.411 e. The molecule has 15 nitrogen and oxygen atoms in total. The Morgan fingerprint density at radius 2 is 1.60 bits per heavy atom. The fraction of sp³-hybridized carbons (Fsp3) is 0.833. The van der Waals surface area contributed by atoms with Gasteiger partial charge in [0.15, 0.2) is 0 Å². The van der Waals surface area contributed by atoms with E-state index in [-0.39, 0.29) is 37.7 Å². The third kappa shape index (κ3) is 11.3. The Morgan fingerprint density at radius 1 is 0.956 bits per heavy atom. The first-order valence-electron chi connectivity index (χ1n) is 16.1. The lowest BCUT2D eigenvalue weighted by Crippen LogP contribution is -2.60. The molecule has 256 valence electrons. The van der Waals surface area contributed by atoms with E-state index in [1.165, 1.54) is 4.90 Å². The van der Waals surface area contributed by atoms with Crippen molar-refractivity contribution in [1.82, 2.24) is 24.5 Å². The summed E-state index contributed by atoms with van der Waals surface area (Å²) in [6.45, 7) is 16.0. The SMILES string of the molecule is CCOC(=O)CC(C(=O)OCC)N1CCN(CC2CN(CCCCN3CCN(C(=O)OC(C)(C)C)C(C(=N)N)C3)C(=O)O2)CC1. The van der Waals surface area contributed by atoms with Crippen molar-refractivity contribution in [2.45, 2.75) is 77.7 Å². The number of esters is 2. The minimum Gasteiger partial charge on any atom is -0.466 e. The molecule has 0 aliphatic carbocycles. The molecule has 0 radical (unpaired) electrons. The van der Waals surface area contributed by atoms with Crippen molar-refractivity contribution in [3.63, 3.8) is 0 Å². The van der Waals surface area contributed by atoms with Crippen molar-refractivity contribution in [2.75, 3.05) is 85.2 Å². The Morgan fingerprint density at radius 3 is 2.22 bits per heavy atom. The maximum atomic E-state index is 12.6. The van der Waals surface area contributed by atoms with Gasteiger partial charge in [-0.15, -0.1) is 0 Å². The summed E-state index contributed by atoms with van der Waals surface area (Å²) in [5.41, 5.74) is 5.21. The summed E-state index contributed by atoms with van der Waals surface area (Å²) in [6.07, 6.45) is 0.608. The predicted octanol–water partition coefficient (Wildman–Crippen LogP) is 0.947. The highest BCUT2D eigenvalue weighted by atomic mass is 16.6. The number of nitrogens with one attached hydrogen (secondary N) is 1. The van der Waals surface area contributed by atoms with Gasteiger partial charge in [-0.3, -0.25) is 34.6 Å². The second-order valence-electron chi connectivity index (χ2n) is 12.7. The fourth-order valence-electron chi connectivity index (χ4n) is 5.86. The highest BCUT2D eigenvalue weighted by Crippen LogP contribution is 2.19. The number of amides is 2. The molecule has 0 spiro atoms. The van der Waals surface area contributed by atoms with Crippen molar-refractivity contribution >= 4 is 30.0 Å². The molecule has 3 rings (SSSR count). The normalized spacial score (nSPS) is 22.6. The second kappa shape index (κ2) is 16.9. The molecule has 3 aliphatic rings. The number of nitrogens with zero attached hydrogens (tertiary/aromatic N) is 5. The Bertz CT molecular complexity index is 1030. The van der Waals surface area contributed by atoms with E-state index in [0.717, 1.165) is 19.4 Å². The van der Waals surface area contributed by atoms with Gasteiger partial charge in [0.05, 0.1) is 26.2 Å². The molecule has 3 atom stereocenters. The molecule has 3 N–H and O–H groups in total. The number of nitrogens with two attached hydrogens (primary N) is 1. The molecule has 0 aromatic rings. The van der Waals surface area contributed by atoms with Crippen LogP contribution in [-0.2, 0) is 28.5 Å². The summed E-state index contributed by atoms with van der Waals surface area (Å²) < 4.78 is 21.4. The Kier molecular flexibility index (Phi) is 13.7. The minimum absolute atomic E-state index is 0.0402. The van der Waals surface area contributed by atoms with Crippen LogP contribution in [0, 0.1) is 5.41 Å². The molecular formula is C30H53N7O8. The molecule has 45 heavy (non-hydrogen) atoms. The molecular weight excluding hydrogens is 586 g/mol. The molecule has 0 aromatic heterocycles. The van der Waals surface area contributed by atoms with Crippen molar-refractivity contribution in [3.8, 4) is 0 Å². The van der Waals surface area contributed by atoms with Gasteiger partial charge < -0.3 is 29.6 Å². The topological polar surface area (TPSA) is 171 Å². The van der Waals surface area contributed by atoms with Gasteiger partial charge in [-0.05, 0) is 54.0 Å². The van der Waals surface area contributed by atoms with Crippen molar-refractivity contribution in [2.24, 2.45) is 5.73 Å². The van der Waals surface area contributed by atoms with Gasteiger partial charge in [0.2, 0.25) is 0 Å². The van der Waals surface area contributed by atoms with E-state index in [9.17, 15) is 19.2 Å². The van der Waals surface area contributed by atoms with E-state index >= 15 is 0 Å². The Labute approximate surface area is 266 Å². The number of rotatable bonds is 14. The first kappa shape index (κ1) is 36.3. The van der Waals surface area contributed by atoms with Crippen LogP contribution in [0.1, 0.15) is 53.9 Å². The molecule has 0 saturated carbocycles. The summed E-state index contributed by atoms with van der Waals surface area (Å²) >= 11 is 0. The predicted molar refractivity (Wildman–Crippen MR) is 166 cm³/mol. The van der Waals surface area contributed by atoms with E-state index in [1.54, 1.807) is 18.7 Å². The number of cyclic esters (lactones) is 1. The van der Waals surface area contributed by atoms with Crippen LogP contribution in [0.2, 0.25) is 0 Å². The summed E-state index contributed by atoms with van der Waals surface area (Å²) in [5, 5.41) is 8.00. The standard InChI is InChI=1S/C30H53N7O8/c1-6-42-25(38)18-23(27(39)43-7-2)35-15-12-34(13-16-35)19-22-20-36(28(40)44-22)11-9-8-10-33-14-17-37(24(21-33)26(31)32)29(41)45-30(3,4)5/h22-24H,6-21H2,1-5H3,(H3,31,32). The number of carbonyl (C=O) groups excluding carboxylic acids is 4. The number of carbonyl (C=O) groups is 4. The molecule has 3 fully saturated rings. The highest BCUT2D eigenvalue weighted by Gasteiger charge is 2.37. The van der Waals surface area contributed by atoms with Crippen LogP contribution in [0.3, 0.4) is 0 Å². The highest BCUT2D eigenvalue weighted by molar-refractivity contribution is 5.87. The van der Waals surface area contributed by atoms with Gasteiger partial charge in [0.1, 0.15) is 29.6 Å². The number of ether oxygens (including phenoxy) is 4. The van der Waals surface area contributed by atoms with E-state index in [2.05, 4.69) is 9.80 Å². The summed E-state index contributed by atoms with van der Waals surface area (Å²) in [4.78, 5) is 59.5. The first-order valence-corrected chi connectivity index (χ1v) is 16.1. The molecule has 0 bridgehead atoms. The first-order chi connectivity index (χ1) is 21.3. The fourth-order valence-corrected chi connectivity index (χ4v) is 5.86. The second-order valence-corrected chi connectivity index (χ2v) is 12.7. The molecule has 3 unspecified atom stereocenters. The van der Waals surface area contributed by atoms with Gasteiger partial charge in [0.25, 0.3) is 0 Å². The molecule has 0 aromatic carbocycles. The Balaban J connectivity index is 1.38. The van der Waals surface area contributed by atoms with Crippen LogP contribution in [0.15, 0.2) is 0 Å². The van der Waals surface area contributed by atoms with Crippen LogP contribution < -0.4 is 5.73 Å². The molecule has 3 heterocycles. The van der Waals surface area contributed by atoms with Crippen LogP contribution in [-0.4, -0.2) is 163 Å². The number of hydrogen-bond donors (Lipinski definition) is 2. The third-order valence-corrected chi connectivity index (χ3v) is 8.09. The summed E-state index contributed by atoms with van der Waals surface area (Å²) in [5.74, 6) is -0.897. The van der Waals surface area contributed by atoms with Crippen molar-refractivity contribution in [1.29, 1.82) is 5.41 Å². The van der Waals surface area contributed by atoms with Gasteiger partial charge in [0, 0.05) is 58.9 Å². The van der Waals surface area contributed by atoms with E-state index < -0.39 is 35.7 Å². The van der Waals surface area contributed by atoms with Gasteiger partial charge in [-0.2, -0.15) is 0 Å². The largest absolute Gasteiger partial charge is 0.466 e. The lowest BCUT2D eigenvalue weighted by atomic mass is 10.1. The average Bonchev–Trinajstić information content (AvgIpc) is 3.32. The number of piperazine rings is 2. The number of amidine groups is 1. The van der Waals surface area contributed by atoms with Gasteiger partial charge in [-0.25, -0.2) is 9.59 Å². The summed E-state index contributed by atoms with van der Waals surface area (Å²) in [6, 6.07) is -1.20.